The lowest BCUT2D eigenvalue weighted by molar-refractivity contribution is -0.305. The van der Waals surface area contributed by atoms with E-state index >= 15 is 0 Å². The number of thiocarbonyl (C=S) groups is 1. The van der Waals surface area contributed by atoms with Crippen molar-refractivity contribution < 1.29 is 14.7 Å². The number of hydrogen-bond acceptors (Lipinski definition) is 5. The number of carboxylic acid groups (broad SMARTS) is 1. The molecule has 2 heterocycles. The van der Waals surface area contributed by atoms with Crippen molar-refractivity contribution in [2.45, 2.75) is 33.1 Å². The Bertz CT molecular complexity index is 948. The molecule has 1 saturated heterocycles. The molecule has 1 fully saturated rings. The smallest absolute Gasteiger partial charge is 0.266 e. The van der Waals surface area contributed by atoms with Crippen LogP contribution in [0, 0.1) is 13.8 Å². The Balaban J connectivity index is 1.78. The van der Waals surface area contributed by atoms with Crippen LogP contribution in [0.15, 0.2) is 41.3 Å². The molecular weight excluding hydrogens is 392 g/mol. The number of hydrogen-bond donors (Lipinski definition) is 0. The first-order valence-corrected chi connectivity index (χ1v) is 10.3. The van der Waals surface area contributed by atoms with Crippen molar-refractivity contribution in [3.8, 4) is 5.69 Å². The van der Waals surface area contributed by atoms with Gasteiger partial charge in [0.25, 0.3) is 5.91 Å². The van der Waals surface area contributed by atoms with Gasteiger partial charge in [-0.25, -0.2) is 0 Å². The largest absolute Gasteiger partial charge is 0.550 e. The van der Waals surface area contributed by atoms with Crippen molar-refractivity contribution in [1.29, 1.82) is 0 Å². The summed E-state index contributed by atoms with van der Waals surface area (Å²) in [6, 6.07) is 12.1. The summed E-state index contributed by atoms with van der Waals surface area (Å²) < 4.78 is 2.67. The van der Waals surface area contributed by atoms with E-state index in [1.165, 1.54) is 11.8 Å². The summed E-state index contributed by atoms with van der Waals surface area (Å²) in [5.74, 6) is -1.19. The third-order valence-corrected chi connectivity index (χ3v) is 6.04. The standard InChI is InChI=1S/C21H22N2O3S2/c1-14-12-16(15(2)23(14)17-8-4-3-5-9-17)13-18-20(26)22(21(27)28-18)11-7-6-10-19(24)25/h3-5,8-9,12-13H,6-7,10-11H2,1-2H3,(H,24,25)/p-1/b18-13-. The maximum Gasteiger partial charge on any atom is 0.266 e. The lowest BCUT2D eigenvalue weighted by atomic mass is 10.2. The van der Waals surface area contributed by atoms with Crippen molar-refractivity contribution in [2.24, 2.45) is 0 Å². The zero-order valence-electron chi connectivity index (χ0n) is 15.8. The predicted molar refractivity (Wildman–Crippen MR) is 114 cm³/mol. The molecule has 0 bridgehead atoms. The minimum atomic E-state index is -1.07. The van der Waals surface area contributed by atoms with Gasteiger partial charge in [-0.3, -0.25) is 9.69 Å². The Labute approximate surface area is 174 Å². The molecule has 2 aromatic rings. The number of thioether (sulfide) groups is 1. The molecule has 0 radical (unpaired) electrons. The molecule has 0 atom stereocenters. The number of carbonyl (C=O) groups is 2. The number of rotatable bonds is 7. The van der Waals surface area contributed by atoms with Crippen LogP contribution in [0.25, 0.3) is 11.8 Å². The molecule has 1 aromatic heterocycles. The number of carboxylic acids is 1. The maximum absolute atomic E-state index is 12.7. The molecule has 146 valence electrons. The lowest BCUT2D eigenvalue weighted by Gasteiger charge is -2.14. The van der Waals surface area contributed by atoms with Gasteiger partial charge in [-0.2, -0.15) is 0 Å². The van der Waals surface area contributed by atoms with E-state index in [-0.39, 0.29) is 12.3 Å². The number of unbranched alkanes of at least 4 members (excludes halogenated alkanes) is 1. The molecule has 1 aromatic carbocycles. The monoisotopic (exact) mass is 413 g/mol. The second-order valence-electron chi connectivity index (χ2n) is 6.66. The van der Waals surface area contributed by atoms with E-state index in [0.717, 1.165) is 22.6 Å². The van der Waals surface area contributed by atoms with Crippen LogP contribution in [0.1, 0.15) is 36.2 Å². The number of nitrogens with zero attached hydrogens (tertiary/aromatic N) is 2. The fourth-order valence-corrected chi connectivity index (χ4v) is 4.58. The molecule has 1 amide bonds. The second-order valence-corrected chi connectivity index (χ2v) is 8.34. The summed E-state index contributed by atoms with van der Waals surface area (Å²) in [6.07, 6.45) is 2.94. The van der Waals surface area contributed by atoms with E-state index in [0.29, 0.717) is 28.6 Å². The van der Waals surface area contributed by atoms with Gasteiger partial charge in [-0.05, 0) is 62.9 Å². The van der Waals surface area contributed by atoms with E-state index < -0.39 is 5.97 Å². The number of carbonyl (C=O) groups excluding carboxylic acids is 2. The highest BCUT2D eigenvalue weighted by Gasteiger charge is 2.31. The van der Waals surface area contributed by atoms with Gasteiger partial charge in [0, 0.05) is 29.6 Å². The molecule has 5 nitrogen and oxygen atoms in total. The fourth-order valence-electron chi connectivity index (χ4n) is 3.28. The van der Waals surface area contributed by atoms with Gasteiger partial charge in [-0.1, -0.05) is 42.2 Å². The molecule has 1 aliphatic rings. The van der Waals surface area contributed by atoms with Crippen LogP contribution in [0.2, 0.25) is 0 Å². The van der Waals surface area contributed by atoms with Gasteiger partial charge in [0.15, 0.2) is 0 Å². The molecular formula is C21H21N2O3S2-. The second kappa shape index (κ2) is 8.75. The van der Waals surface area contributed by atoms with Gasteiger partial charge < -0.3 is 14.5 Å². The van der Waals surface area contributed by atoms with Crippen molar-refractivity contribution >= 4 is 46.3 Å². The summed E-state index contributed by atoms with van der Waals surface area (Å²) in [7, 11) is 0. The lowest BCUT2D eigenvalue weighted by Crippen LogP contribution is -2.29. The average molecular weight is 414 g/mol. The number of aromatic nitrogens is 1. The Morgan fingerprint density at radius 2 is 1.93 bits per heavy atom. The van der Waals surface area contributed by atoms with Crippen LogP contribution >= 0.6 is 24.0 Å². The zero-order valence-corrected chi connectivity index (χ0v) is 17.4. The minimum Gasteiger partial charge on any atom is -0.550 e. The molecule has 28 heavy (non-hydrogen) atoms. The molecule has 7 heteroatoms. The first kappa shape index (κ1) is 20.4. The zero-order chi connectivity index (χ0) is 20.3. The fraction of sp³-hybridized carbons (Fsp3) is 0.286. The van der Waals surface area contributed by atoms with E-state index in [1.807, 2.05) is 38.1 Å². The Morgan fingerprint density at radius 1 is 1.21 bits per heavy atom. The number of para-hydroxylation sites is 1. The molecule has 1 aliphatic heterocycles. The first-order chi connectivity index (χ1) is 13.4. The van der Waals surface area contributed by atoms with Crippen molar-refractivity contribution in [2.75, 3.05) is 6.54 Å². The molecule has 0 spiro atoms. The summed E-state index contributed by atoms with van der Waals surface area (Å²) in [5.41, 5.74) is 4.21. The van der Waals surface area contributed by atoms with E-state index in [2.05, 4.69) is 22.8 Å². The third kappa shape index (κ3) is 4.36. The number of benzene rings is 1. The van der Waals surface area contributed by atoms with Crippen molar-refractivity contribution in [3.63, 3.8) is 0 Å². The van der Waals surface area contributed by atoms with E-state index in [4.69, 9.17) is 12.2 Å². The average Bonchev–Trinajstić information content (AvgIpc) is 3.08. The van der Waals surface area contributed by atoms with Crippen LogP contribution < -0.4 is 5.11 Å². The van der Waals surface area contributed by atoms with Gasteiger partial charge in [0.05, 0.1) is 4.91 Å². The Hall–Kier alpha value is -2.38. The van der Waals surface area contributed by atoms with Crippen LogP contribution in [-0.4, -0.2) is 32.2 Å². The predicted octanol–water partition coefficient (Wildman–Crippen LogP) is 3.22. The van der Waals surface area contributed by atoms with Crippen LogP contribution in [0.4, 0.5) is 0 Å². The van der Waals surface area contributed by atoms with Crippen molar-refractivity contribution in [3.05, 3.63) is 58.3 Å². The molecule has 0 saturated carbocycles. The number of amides is 1. The molecule has 0 unspecified atom stereocenters. The van der Waals surface area contributed by atoms with Crippen LogP contribution in [0.5, 0.6) is 0 Å². The summed E-state index contributed by atoms with van der Waals surface area (Å²) in [6.45, 7) is 4.50. The highest BCUT2D eigenvalue weighted by atomic mass is 32.2. The van der Waals surface area contributed by atoms with Crippen LogP contribution in [-0.2, 0) is 9.59 Å². The number of aliphatic carboxylic acids is 1. The number of aryl methyl sites for hydroxylation is 1. The SMILES string of the molecule is Cc1cc(/C=C2\SC(=S)N(CCCCC(=O)[O-])C2=O)c(C)n1-c1ccccc1. The quantitative estimate of drug-likeness (QED) is 0.396. The molecule has 3 rings (SSSR count). The van der Waals surface area contributed by atoms with Crippen molar-refractivity contribution in [1.82, 2.24) is 9.47 Å². The molecule has 0 aliphatic carbocycles. The maximum atomic E-state index is 12.7. The summed E-state index contributed by atoms with van der Waals surface area (Å²) in [5, 5.41) is 10.5. The van der Waals surface area contributed by atoms with Gasteiger partial charge >= 0.3 is 0 Å². The highest BCUT2D eigenvalue weighted by molar-refractivity contribution is 8.26. The molecule has 0 N–H and O–H groups in total. The van der Waals surface area contributed by atoms with Crippen LogP contribution in [0.3, 0.4) is 0 Å². The summed E-state index contributed by atoms with van der Waals surface area (Å²) >= 11 is 6.64. The normalized spacial score (nSPS) is 15.6. The Kier molecular flexibility index (Phi) is 6.36. The van der Waals surface area contributed by atoms with Gasteiger partial charge in [0.1, 0.15) is 4.32 Å². The third-order valence-electron chi connectivity index (χ3n) is 4.66. The summed E-state index contributed by atoms with van der Waals surface area (Å²) in [4.78, 5) is 25.4. The van der Waals surface area contributed by atoms with Gasteiger partial charge in [0.2, 0.25) is 0 Å². The topological polar surface area (TPSA) is 65.4 Å². The highest BCUT2D eigenvalue weighted by Crippen LogP contribution is 2.34. The van der Waals surface area contributed by atoms with E-state index in [1.54, 1.807) is 4.90 Å². The van der Waals surface area contributed by atoms with Gasteiger partial charge in [-0.15, -0.1) is 0 Å². The van der Waals surface area contributed by atoms with E-state index in [9.17, 15) is 14.7 Å². The Morgan fingerprint density at radius 3 is 2.61 bits per heavy atom. The minimum absolute atomic E-state index is 0.00386. The first-order valence-electron chi connectivity index (χ1n) is 9.08.